The Balaban J connectivity index is 2.12. The summed E-state index contributed by atoms with van der Waals surface area (Å²) >= 11 is 1.85. The van der Waals surface area contributed by atoms with Crippen molar-refractivity contribution in [1.29, 1.82) is 0 Å². The fourth-order valence-corrected chi connectivity index (χ4v) is 3.63. The molecule has 3 heteroatoms. The zero-order valence-corrected chi connectivity index (χ0v) is 11.1. The maximum Gasteiger partial charge on any atom is 0.0959 e. The highest BCUT2D eigenvalue weighted by atomic mass is 32.1. The predicted octanol–water partition coefficient (Wildman–Crippen LogP) is 3.43. The summed E-state index contributed by atoms with van der Waals surface area (Å²) in [6.07, 6.45) is 6.45. The zero-order valence-electron chi connectivity index (χ0n) is 10.3. The van der Waals surface area contributed by atoms with E-state index in [0.717, 1.165) is 18.9 Å². The Morgan fingerprint density at radius 1 is 1.44 bits per heavy atom. The second kappa shape index (κ2) is 4.84. The van der Waals surface area contributed by atoms with Crippen molar-refractivity contribution in [2.24, 2.45) is 5.73 Å². The van der Waals surface area contributed by atoms with Gasteiger partial charge in [-0.05, 0) is 25.8 Å². The summed E-state index contributed by atoms with van der Waals surface area (Å²) in [4.78, 5) is 4.85. The average Bonchev–Trinajstić information content (AvgIpc) is 2.89. The third-order valence-electron chi connectivity index (χ3n) is 3.69. The Morgan fingerprint density at radius 2 is 2.12 bits per heavy atom. The largest absolute Gasteiger partial charge is 0.330 e. The molecule has 1 saturated carbocycles. The lowest BCUT2D eigenvalue weighted by atomic mass is 9.86. The van der Waals surface area contributed by atoms with Crippen LogP contribution >= 0.6 is 11.3 Å². The standard InChI is InChI=1S/C13H22N2S/c1-13(2,7-8-14)11-9-16-12(15-11)10-5-3-4-6-10/h9-10H,3-8,14H2,1-2H3. The highest BCUT2D eigenvalue weighted by molar-refractivity contribution is 7.09. The summed E-state index contributed by atoms with van der Waals surface area (Å²) in [6, 6.07) is 0. The van der Waals surface area contributed by atoms with Crippen LogP contribution in [0.2, 0.25) is 0 Å². The second-order valence-corrected chi connectivity index (χ2v) is 6.36. The molecular formula is C13H22N2S. The molecule has 1 fully saturated rings. The number of hydrogen-bond donors (Lipinski definition) is 1. The van der Waals surface area contributed by atoms with Crippen LogP contribution in [0.25, 0.3) is 0 Å². The van der Waals surface area contributed by atoms with E-state index >= 15 is 0 Å². The minimum Gasteiger partial charge on any atom is -0.330 e. The quantitative estimate of drug-likeness (QED) is 0.873. The Kier molecular flexibility index (Phi) is 3.65. The van der Waals surface area contributed by atoms with Crippen LogP contribution in [0.3, 0.4) is 0 Å². The van der Waals surface area contributed by atoms with E-state index in [4.69, 9.17) is 10.7 Å². The third-order valence-corrected chi connectivity index (χ3v) is 4.70. The predicted molar refractivity (Wildman–Crippen MR) is 70.0 cm³/mol. The SMILES string of the molecule is CC(C)(CCN)c1csc(C2CCCC2)n1. The number of nitrogens with two attached hydrogens (primary N) is 1. The summed E-state index contributed by atoms with van der Waals surface area (Å²) in [6.45, 7) is 5.23. The summed E-state index contributed by atoms with van der Waals surface area (Å²) in [7, 11) is 0. The van der Waals surface area contributed by atoms with Crippen molar-refractivity contribution >= 4 is 11.3 Å². The van der Waals surface area contributed by atoms with Gasteiger partial charge < -0.3 is 5.73 Å². The molecule has 2 rings (SSSR count). The van der Waals surface area contributed by atoms with Gasteiger partial charge in [0, 0.05) is 16.7 Å². The highest BCUT2D eigenvalue weighted by Gasteiger charge is 2.26. The van der Waals surface area contributed by atoms with Crippen molar-refractivity contribution in [2.75, 3.05) is 6.54 Å². The molecule has 0 amide bonds. The van der Waals surface area contributed by atoms with Crippen LogP contribution in [0.15, 0.2) is 5.38 Å². The molecule has 0 radical (unpaired) electrons. The second-order valence-electron chi connectivity index (χ2n) is 5.47. The van der Waals surface area contributed by atoms with Gasteiger partial charge in [0.2, 0.25) is 0 Å². The highest BCUT2D eigenvalue weighted by Crippen LogP contribution is 2.37. The van der Waals surface area contributed by atoms with E-state index in [1.807, 2.05) is 11.3 Å². The Hall–Kier alpha value is -0.410. The van der Waals surface area contributed by atoms with Gasteiger partial charge in [0.15, 0.2) is 0 Å². The lowest BCUT2D eigenvalue weighted by molar-refractivity contribution is 0.473. The van der Waals surface area contributed by atoms with Gasteiger partial charge in [0.1, 0.15) is 0 Å². The molecular weight excluding hydrogens is 216 g/mol. The van der Waals surface area contributed by atoms with E-state index in [-0.39, 0.29) is 5.41 Å². The minimum atomic E-state index is 0.141. The Bertz CT molecular complexity index is 337. The summed E-state index contributed by atoms with van der Waals surface area (Å²) in [5.41, 5.74) is 7.04. The fourth-order valence-electron chi connectivity index (χ4n) is 2.45. The first-order valence-electron chi connectivity index (χ1n) is 6.29. The minimum absolute atomic E-state index is 0.141. The molecule has 0 unspecified atom stereocenters. The van der Waals surface area contributed by atoms with Gasteiger partial charge in [0.05, 0.1) is 10.7 Å². The summed E-state index contributed by atoms with van der Waals surface area (Å²) in [5.74, 6) is 0.743. The van der Waals surface area contributed by atoms with E-state index in [9.17, 15) is 0 Å². The first-order chi connectivity index (χ1) is 7.63. The molecule has 1 aliphatic carbocycles. The number of hydrogen-bond acceptors (Lipinski definition) is 3. The number of rotatable bonds is 4. The van der Waals surface area contributed by atoms with Crippen molar-refractivity contribution in [3.05, 3.63) is 16.1 Å². The van der Waals surface area contributed by atoms with Gasteiger partial charge in [-0.15, -0.1) is 11.3 Å². The molecule has 0 aromatic carbocycles. The Morgan fingerprint density at radius 3 is 2.75 bits per heavy atom. The van der Waals surface area contributed by atoms with Gasteiger partial charge in [-0.1, -0.05) is 26.7 Å². The van der Waals surface area contributed by atoms with E-state index in [2.05, 4.69) is 19.2 Å². The number of nitrogens with zero attached hydrogens (tertiary/aromatic N) is 1. The summed E-state index contributed by atoms with van der Waals surface area (Å²) in [5, 5.41) is 3.60. The van der Waals surface area contributed by atoms with Crippen LogP contribution in [0.5, 0.6) is 0 Å². The van der Waals surface area contributed by atoms with Crippen LogP contribution in [0.4, 0.5) is 0 Å². The van der Waals surface area contributed by atoms with Crippen LogP contribution in [-0.2, 0) is 5.41 Å². The zero-order chi connectivity index (χ0) is 11.6. The molecule has 1 heterocycles. The number of aromatic nitrogens is 1. The molecule has 0 saturated heterocycles. The van der Waals surface area contributed by atoms with Crippen LogP contribution in [0.1, 0.15) is 62.6 Å². The third kappa shape index (κ3) is 2.46. The molecule has 0 bridgehead atoms. The number of thiazole rings is 1. The smallest absolute Gasteiger partial charge is 0.0959 e. The maximum absolute atomic E-state index is 5.66. The van der Waals surface area contributed by atoms with Gasteiger partial charge in [0.25, 0.3) is 0 Å². The molecule has 0 atom stereocenters. The molecule has 2 N–H and O–H groups in total. The average molecular weight is 238 g/mol. The van der Waals surface area contributed by atoms with Gasteiger partial charge in [-0.3, -0.25) is 0 Å². The van der Waals surface area contributed by atoms with Crippen molar-refractivity contribution in [3.63, 3.8) is 0 Å². The molecule has 1 aromatic heterocycles. The van der Waals surface area contributed by atoms with Crippen LogP contribution in [0, 0.1) is 0 Å². The van der Waals surface area contributed by atoms with Gasteiger partial charge in [-0.25, -0.2) is 4.98 Å². The maximum atomic E-state index is 5.66. The topological polar surface area (TPSA) is 38.9 Å². The summed E-state index contributed by atoms with van der Waals surface area (Å²) < 4.78 is 0. The van der Waals surface area contributed by atoms with Crippen LogP contribution < -0.4 is 5.73 Å². The lowest BCUT2D eigenvalue weighted by Gasteiger charge is -2.21. The van der Waals surface area contributed by atoms with Gasteiger partial charge in [-0.2, -0.15) is 0 Å². The normalized spacial score (nSPS) is 18.2. The Labute approximate surface area is 102 Å². The lowest BCUT2D eigenvalue weighted by Crippen LogP contribution is -2.22. The van der Waals surface area contributed by atoms with Crippen molar-refractivity contribution in [3.8, 4) is 0 Å². The van der Waals surface area contributed by atoms with E-state index < -0.39 is 0 Å². The molecule has 1 aliphatic rings. The molecule has 0 aliphatic heterocycles. The van der Waals surface area contributed by atoms with Gasteiger partial charge >= 0.3 is 0 Å². The van der Waals surface area contributed by atoms with Crippen molar-refractivity contribution in [1.82, 2.24) is 4.98 Å². The molecule has 2 nitrogen and oxygen atoms in total. The monoisotopic (exact) mass is 238 g/mol. The first-order valence-corrected chi connectivity index (χ1v) is 7.17. The molecule has 1 aromatic rings. The van der Waals surface area contributed by atoms with Crippen LogP contribution in [-0.4, -0.2) is 11.5 Å². The fraction of sp³-hybridized carbons (Fsp3) is 0.769. The van der Waals surface area contributed by atoms with E-state index in [1.165, 1.54) is 36.4 Å². The van der Waals surface area contributed by atoms with Crippen molar-refractivity contribution < 1.29 is 0 Å². The van der Waals surface area contributed by atoms with Crippen molar-refractivity contribution in [2.45, 2.75) is 57.3 Å². The molecule has 90 valence electrons. The van der Waals surface area contributed by atoms with E-state index in [0.29, 0.717) is 0 Å². The molecule has 16 heavy (non-hydrogen) atoms. The van der Waals surface area contributed by atoms with E-state index in [1.54, 1.807) is 0 Å². The first kappa shape index (κ1) is 12.1. The molecule has 0 spiro atoms.